The third-order valence-electron chi connectivity index (χ3n) is 2.64. The van der Waals surface area contributed by atoms with Gasteiger partial charge in [0.25, 0.3) is 0 Å². The molecule has 0 atom stereocenters. The smallest absolute Gasteiger partial charge is 0.124 e. The first kappa shape index (κ1) is 13.7. The Morgan fingerprint density at radius 2 is 1.84 bits per heavy atom. The number of alkyl halides is 1. The topological polar surface area (TPSA) is 33.0 Å². The molecule has 0 aliphatic heterocycles. The van der Waals surface area contributed by atoms with Crippen LogP contribution in [0.3, 0.4) is 0 Å². The van der Waals surface area contributed by atoms with Crippen LogP contribution in [0.5, 0.6) is 5.75 Å². The van der Waals surface area contributed by atoms with E-state index in [0.29, 0.717) is 23.1 Å². The van der Waals surface area contributed by atoms with E-state index < -0.39 is 0 Å². The molecule has 0 aliphatic carbocycles. The molecule has 0 amide bonds. The maximum atomic E-state index is 8.72. The molecule has 2 nitrogen and oxygen atoms in total. The number of halogens is 2. The summed E-state index contributed by atoms with van der Waals surface area (Å²) < 4.78 is 5.72. The predicted octanol–water partition coefficient (Wildman–Crippen LogP) is 4.53. The average molecular weight is 292 g/mol. The Labute approximate surface area is 122 Å². The number of rotatable bonds is 4. The highest BCUT2D eigenvalue weighted by molar-refractivity contribution is 6.30. The van der Waals surface area contributed by atoms with Crippen molar-refractivity contribution >= 4 is 23.2 Å². The van der Waals surface area contributed by atoms with Crippen LogP contribution in [0.2, 0.25) is 5.02 Å². The Balaban J connectivity index is 2.07. The lowest BCUT2D eigenvalue weighted by molar-refractivity contribution is 0.304. The zero-order valence-corrected chi connectivity index (χ0v) is 11.6. The Bertz CT molecular complexity index is 603. The zero-order valence-electron chi connectivity index (χ0n) is 10.1. The van der Waals surface area contributed by atoms with E-state index in [4.69, 9.17) is 33.2 Å². The standard InChI is InChI=1S/C15H11Cl2NO/c16-8-13-7-14(17)5-6-15(13)19-10-12-3-1-11(9-18)2-4-12/h1-7H,8,10H2. The van der Waals surface area contributed by atoms with E-state index in [1.807, 2.05) is 18.2 Å². The third kappa shape index (κ3) is 3.64. The molecule has 0 heterocycles. The molecule has 4 heteroatoms. The van der Waals surface area contributed by atoms with Crippen LogP contribution in [0.1, 0.15) is 16.7 Å². The molecule has 0 N–H and O–H groups in total. The molecular formula is C15H11Cl2NO. The molecule has 0 spiro atoms. The Morgan fingerprint density at radius 3 is 2.47 bits per heavy atom. The molecule has 96 valence electrons. The van der Waals surface area contributed by atoms with Gasteiger partial charge in [-0.25, -0.2) is 0 Å². The molecule has 0 radical (unpaired) electrons. The average Bonchev–Trinajstić information content (AvgIpc) is 2.46. The van der Waals surface area contributed by atoms with Crippen molar-refractivity contribution in [1.29, 1.82) is 5.26 Å². The van der Waals surface area contributed by atoms with Gasteiger partial charge in [-0.15, -0.1) is 11.6 Å². The highest BCUT2D eigenvalue weighted by Gasteiger charge is 2.04. The van der Waals surface area contributed by atoms with Gasteiger partial charge in [0, 0.05) is 10.6 Å². The van der Waals surface area contributed by atoms with E-state index in [1.54, 1.807) is 24.3 Å². The van der Waals surface area contributed by atoms with E-state index in [9.17, 15) is 0 Å². The summed E-state index contributed by atoms with van der Waals surface area (Å²) in [5.74, 6) is 1.08. The second kappa shape index (κ2) is 6.47. The van der Waals surface area contributed by atoms with Crippen LogP contribution in [0, 0.1) is 11.3 Å². The summed E-state index contributed by atoms with van der Waals surface area (Å²) in [5, 5.41) is 9.36. The van der Waals surface area contributed by atoms with E-state index in [1.165, 1.54) is 0 Å². The van der Waals surface area contributed by atoms with Crippen LogP contribution in [0.15, 0.2) is 42.5 Å². The van der Waals surface area contributed by atoms with Crippen molar-refractivity contribution in [2.24, 2.45) is 0 Å². The van der Waals surface area contributed by atoms with Crippen molar-refractivity contribution in [2.75, 3.05) is 0 Å². The molecule has 0 bridgehead atoms. The fourth-order valence-corrected chi connectivity index (χ4v) is 2.03. The van der Waals surface area contributed by atoms with Gasteiger partial charge in [0.05, 0.1) is 17.5 Å². The zero-order chi connectivity index (χ0) is 13.7. The Hall–Kier alpha value is -1.69. The second-order valence-corrected chi connectivity index (χ2v) is 4.69. The summed E-state index contributed by atoms with van der Waals surface area (Å²) in [6.45, 7) is 0.428. The van der Waals surface area contributed by atoms with E-state index in [0.717, 1.165) is 16.9 Å². The number of hydrogen-bond acceptors (Lipinski definition) is 2. The normalized spacial score (nSPS) is 9.95. The van der Waals surface area contributed by atoms with Gasteiger partial charge in [-0.1, -0.05) is 23.7 Å². The lowest BCUT2D eigenvalue weighted by atomic mass is 10.1. The van der Waals surface area contributed by atoms with Gasteiger partial charge < -0.3 is 4.74 Å². The minimum atomic E-state index is 0.350. The van der Waals surface area contributed by atoms with Crippen LogP contribution in [0.4, 0.5) is 0 Å². The number of ether oxygens (including phenoxy) is 1. The van der Waals surface area contributed by atoms with Crippen LogP contribution in [-0.2, 0) is 12.5 Å². The Kier molecular flexibility index (Phi) is 4.68. The van der Waals surface area contributed by atoms with Crippen LogP contribution in [-0.4, -0.2) is 0 Å². The van der Waals surface area contributed by atoms with Crippen molar-refractivity contribution < 1.29 is 4.74 Å². The first-order valence-corrected chi connectivity index (χ1v) is 6.60. The van der Waals surface area contributed by atoms with Gasteiger partial charge in [-0.3, -0.25) is 0 Å². The largest absolute Gasteiger partial charge is 0.489 e. The minimum absolute atomic E-state index is 0.350. The van der Waals surface area contributed by atoms with Gasteiger partial charge in [0.2, 0.25) is 0 Å². The second-order valence-electron chi connectivity index (χ2n) is 3.98. The minimum Gasteiger partial charge on any atom is -0.489 e. The lowest BCUT2D eigenvalue weighted by Crippen LogP contribution is -1.98. The molecule has 0 saturated heterocycles. The fourth-order valence-electron chi connectivity index (χ4n) is 1.63. The summed E-state index contributed by atoms with van der Waals surface area (Å²) in [4.78, 5) is 0. The molecule has 2 rings (SSSR count). The summed E-state index contributed by atoms with van der Waals surface area (Å²) in [6, 6.07) is 14.7. The van der Waals surface area contributed by atoms with Gasteiger partial charge in [0.15, 0.2) is 0 Å². The van der Waals surface area contributed by atoms with Crippen molar-refractivity contribution in [3.05, 3.63) is 64.2 Å². The molecule has 2 aromatic carbocycles. The SMILES string of the molecule is N#Cc1ccc(COc2ccc(Cl)cc2CCl)cc1. The lowest BCUT2D eigenvalue weighted by Gasteiger charge is -2.10. The van der Waals surface area contributed by atoms with Gasteiger partial charge >= 0.3 is 0 Å². The number of nitrogens with zero attached hydrogens (tertiary/aromatic N) is 1. The fraction of sp³-hybridized carbons (Fsp3) is 0.133. The summed E-state index contributed by atoms with van der Waals surface area (Å²) in [7, 11) is 0. The van der Waals surface area contributed by atoms with Crippen LogP contribution in [0.25, 0.3) is 0 Å². The maximum absolute atomic E-state index is 8.72. The van der Waals surface area contributed by atoms with Crippen molar-refractivity contribution in [2.45, 2.75) is 12.5 Å². The summed E-state index contributed by atoms with van der Waals surface area (Å²) >= 11 is 11.8. The monoisotopic (exact) mass is 291 g/mol. The van der Waals surface area contributed by atoms with Crippen LogP contribution < -0.4 is 4.74 Å². The number of nitriles is 1. The van der Waals surface area contributed by atoms with Crippen molar-refractivity contribution in [3.8, 4) is 11.8 Å². The van der Waals surface area contributed by atoms with Crippen LogP contribution >= 0.6 is 23.2 Å². The predicted molar refractivity (Wildman–Crippen MR) is 76.5 cm³/mol. The molecule has 0 fully saturated rings. The molecule has 0 aliphatic rings. The van der Waals surface area contributed by atoms with Gasteiger partial charge in [-0.2, -0.15) is 5.26 Å². The molecule has 0 unspecified atom stereocenters. The Morgan fingerprint density at radius 1 is 1.11 bits per heavy atom. The summed E-state index contributed by atoms with van der Waals surface area (Å²) in [6.07, 6.45) is 0. The molecule has 19 heavy (non-hydrogen) atoms. The number of hydrogen-bond donors (Lipinski definition) is 0. The third-order valence-corrected chi connectivity index (χ3v) is 3.17. The molecule has 2 aromatic rings. The van der Waals surface area contributed by atoms with Crippen molar-refractivity contribution in [1.82, 2.24) is 0 Å². The van der Waals surface area contributed by atoms with Crippen molar-refractivity contribution in [3.63, 3.8) is 0 Å². The summed E-state index contributed by atoms with van der Waals surface area (Å²) in [5.41, 5.74) is 2.49. The molecular weight excluding hydrogens is 281 g/mol. The molecule has 0 saturated carbocycles. The van der Waals surface area contributed by atoms with E-state index in [2.05, 4.69) is 6.07 Å². The van der Waals surface area contributed by atoms with Gasteiger partial charge in [-0.05, 0) is 35.9 Å². The van der Waals surface area contributed by atoms with E-state index in [-0.39, 0.29) is 0 Å². The highest BCUT2D eigenvalue weighted by atomic mass is 35.5. The van der Waals surface area contributed by atoms with Gasteiger partial charge in [0.1, 0.15) is 12.4 Å². The highest BCUT2D eigenvalue weighted by Crippen LogP contribution is 2.25. The first-order chi connectivity index (χ1) is 9.22. The number of benzene rings is 2. The van der Waals surface area contributed by atoms with E-state index >= 15 is 0 Å². The quantitative estimate of drug-likeness (QED) is 0.776. The first-order valence-electron chi connectivity index (χ1n) is 5.69. The maximum Gasteiger partial charge on any atom is 0.124 e. The molecule has 0 aromatic heterocycles.